The number of carboxylic acids is 1. The number of carboxylic acid groups (broad SMARTS) is 1. The van der Waals surface area contributed by atoms with Gasteiger partial charge in [0, 0.05) is 18.6 Å². The molecule has 5 heteroatoms. The number of urea groups is 1. The molecule has 4 atom stereocenters. The summed E-state index contributed by atoms with van der Waals surface area (Å²) in [6, 6.07) is -0.292. The molecule has 0 radical (unpaired) electrons. The molecule has 104 valence electrons. The summed E-state index contributed by atoms with van der Waals surface area (Å²) in [5.41, 5.74) is 0. The Morgan fingerprint density at radius 1 is 1.33 bits per heavy atom. The number of likely N-dealkylation sites (tertiary alicyclic amines) is 1. The fourth-order valence-electron chi connectivity index (χ4n) is 2.24. The Kier molecular flexibility index (Phi) is 4.99. The van der Waals surface area contributed by atoms with Gasteiger partial charge in [0.1, 0.15) is 0 Å². The lowest BCUT2D eigenvalue weighted by atomic mass is 9.92. The first-order valence-corrected chi connectivity index (χ1v) is 6.64. The maximum atomic E-state index is 12.1. The summed E-state index contributed by atoms with van der Waals surface area (Å²) in [7, 11) is 0. The number of hydrogen-bond acceptors (Lipinski definition) is 2. The van der Waals surface area contributed by atoms with Crippen molar-refractivity contribution in [3.8, 4) is 0 Å². The number of amides is 2. The van der Waals surface area contributed by atoms with Crippen molar-refractivity contribution >= 4 is 12.0 Å². The third-order valence-electron chi connectivity index (χ3n) is 4.13. The van der Waals surface area contributed by atoms with Crippen molar-refractivity contribution in [3.63, 3.8) is 0 Å². The number of carbonyl (C=O) groups excluding carboxylic acids is 1. The molecule has 1 rings (SSSR count). The Morgan fingerprint density at radius 3 is 2.50 bits per heavy atom. The molecule has 0 saturated carbocycles. The van der Waals surface area contributed by atoms with Crippen LogP contribution in [0, 0.1) is 11.8 Å². The molecule has 1 saturated heterocycles. The predicted molar refractivity (Wildman–Crippen MR) is 69.4 cm³/mol. The average molecular weight is 256 g/mol. The highest BCUT2D eigenvalue weighted by molar-refractivity contribution is 5.77. The quantitative estimate of drug-likeness (QED) is 0.810. The summed E-state index contributed by atoms with van der Waals surface area (Å²) >= 11 is 0. The largest absolute Gasteiger partial charge is 0.481 e. The normalized spacial score (nSPS) is 27.4. The third kappa shape index (κ3) is 3.37. The van der Waals surface area contributed by atoms with Gasteiger partial charge in [-0.05, 0) is 39.5 Å². The van der Waals surface area contributed by atoms with Gasteiger partial charge in [-0.25, -0.2) is 4.79 Å². The monoisotopic (exact) mass is 256 g/mol. The van der Waals surface area contributed by atoms with Gasteiger partial charge in [0.05, 0.1) is 5.92 Å². The summed E-state index contributed by atoms with van der Waals surface area (Å²) in [5.74, 6) is -0.967. The number of piperidine rings is 1. The van der Waals surface area contributed by atoms with Crippen LogP contribution in [0.4, 0.5) is 4.79 Å². The first kappa shape index (κ1) is 14.8. The van der Waals surface area contributed by atoms with Gasteiger partial charge in [-0.1, -0.05) is 6.92 Å². The van der Waals surface area contributed by atoms with E-state index in [1.807, 2.05) is 4.90 Å². The van der Waals surface area contributed by atoms with Gasteiger partial charge in [0.2, 0.25) is 0 Å². The minimum absolute atomic E-state index is 0.144. The van der Waals surface area contributed by atoms with Gasteiger partial charge in [0.25, 0.3) is 0 Å². The van der Waals surface area contributed by atoms with Gasteiger partial charge in [0.15, 0.2) is 0 Å². The summed E-state index contributed by atoms with van der Waals surface area (Å²) in [5, 5.41) is 11.7. The summed E-state index contributed by atoms with van der Waals surface area (Å²) < 4.78 is 0. The maximum absolute atomic E-state index is 12.1. The van der Waals surface area contributed by atoms with Crippen LogP contribution in [-0.2, 0) is 4.79 Å². The van der Waals surface area contributed by atoms with Gasteiger partial charge in [-0.15, -0.1) is 0 Å². The molecular formula is C13H24N2O3. The number of aliphatic carboxylic acids is 1. The second kappa shape index (κ2) is 6.07. The molecule has 4 unspecified atom stereocenters. The second-order valence-corrected chi connectivity index (χ2v) is 5.42. The van der Waals surface area contributed by atoms with Gasteiger partial charge in [-0.3, -0.25) is 4.79 Å². The highest BCUT2D eigenvalue weighted by atomic mass is 16.4. The lowest BCUT2D eigenvalue weighted by Gasteiger charge is -2.38. The van der Waals surface area contributed by atoms with Gasteiger partial charge in [-0.2, -0.15) is 0 Å². The second-order valence-electron chi connectivity index (χ2n) is 5.42. The van der Waals surface area contributed by atoms with Crippen LogP contribution >= 0.6 is 0 Å². The van der Waals surface area contributed by atoms with E-state index in [1.165, 1.54) is 0 Å². The van der Waals surface area contributed by atoms with Crippen molar-refractivity contribution < 1.29 is 14.7 Å². The number of nitrogens with zero attached hydrogens (tertiary/aromatic N) is 1. The van der Waals surface area contributed by atoms with E-state index in [4.69, 9.17) is 5.11 Å². The maximum Gasteiger partial charge on any atom is 0.317 e. The van der Waals surface area contributed by atoms with Crippen LogP contribution in [0.3, 0.4) is 0 Å². The van der Waals surface area contributed by atoms with E-state index < -0.39 is 11.9 Å². The first-order chi connectivity index (χ1) is 8.34. The van der Waals surface area contributed by atoms with Crippen LogP contribution < -0.4 is 5.32 Å². The molecule has 2 N–H and O–H groups in total. The Morgan fingerprint density at radius 2 is 1.94 bits per heavy atom. The molecule has 5 nitrogen and oxygen atoms in total. The van der Waals surface area contributed by atoms with Crippen LogP contribution in [0.15, 0.2) is 0 Å². The number of carbonyl (C=O) groups is 2. The van der Waals surface area contributed by atoms with Crippen molar-refractivity contribution in [3.05, 3.63) is 0 Å². The molecule has 0 aromatic carbocycles. The van der Waals surface area contributed by atoms with E-state index in [2.05, 4.69) is 19.2 Å². The van der Waals surface area contributed by atoms with Crippen LogP contribution in [0.2, 0.25) is 0 Å². The molecular weight excluding hydrogens is 232 g/mol. The molecule has 0 aliphatic carbocycles. The zero-order valence-electron chi connectivity index (χ0n) is 11.6. The smallest absolute Gasteiger partial charge is 0.317 e. The van der Waals surface area contributed by atoms with Crippen LogP contribution in [-0.4, -0.2) is 40.6 Å². The lowest BCUT2D eigenvalue weighted by Crippen LogP contribution is -2.53. The van der Waals surface area contributed by atoms with Crippen LogP contribution in [0.1, 0.15) is 40.5 Å². The molecule has 0 bridgehead atoms. The Bertz CT molecular complexity index is 319. The van der Waals surface area contributed by atoms with Crippen molar-refractivity contribution in [2.75, 3.05) is 6.54 Å². The first-order valence-electron chi connectivity index (χ1n) is 6.64. The van der Waals surface area contributed by atoms with E-state index in [-0.39, 0.29) is 18.1 Å². The summed E-state index contributed by atoms with van der Waals surface area (Å²) in [6.45, 7) is 8.29. The van der Waals surface area contributed by atoms with E-state index >= 15 is 0 Å². The zero-order valence-corrected chi connectivity index (χ0v) is 11.6. The average Bonchev–Trinajstić information content (AvgIpc) is 2.31. The van der Waals surface area contributed by atoms with Crippen LogP contribution in [0.5, 0.6) is 0 Å². The number of rotatable bonds is 3. The molecule has 1 fully saturated rings. The topological polar surface area (TPSA) is 69.6 Å². The van der Waals surface area contributed by atoms with Crippen molar-refractivity contribution in [1.82, 2.24) is 10.2 Å². The van der Waals surface area contributed by atoms with Crippen molar-refractivity contribution in [1.29, 1.82) is 0 Å². The molecule has 18 heavy (non-hydrogen) atoms. The zero-order chi connectivity index (χ0) is 13.9. The van der Waals surface area contributed by atoms with E-state index in [1.54, 1.807) is 13.8 Å². The third-order valence-corrected chi connectivity index (χ3v) is 4.13. The molecule has 1 aliphatic heterocycles. The summed E-state index contributed by atoms with van der Waals surface area (Å²) in [6.07, 6.45) is 2.16. The predicted octanol–water partition coefficient (Wildman–Crippen LogP) is 1.93. The molecule has 0 aromatic rings. The van der Waals surface area contributed by atoms with E-state index in [0.717, 1.165) is 19.4 Å². The van der Waals surface area contributed by atoms with E-state index in [0.29, 0.717) is 5.92 Å². The Hall–Kier alpha value is -1.26. The molecule has 2 amide bonds. The number of nitrogens with one attached hydrogen (secondary N) is 1. The van der Waals surface area contributed by atoms with Gasteiger partial charge < -0.3 is 15.3 Å². The SMILES string of the molecule is CC1CCCN(C(=O)NC(C)C(C)C(=O)O)C1C. The Balaban J connectivity index is 2.57. The van der Waals surface area contributed by atoms with Crippen LogP contribution in [0.25, 0.3) is 0 Å². The Labute approximate surface area is 109 Å². The molecule has 0 spiro atoms. The minimum Gasteiger partial charge on any atom is -0.481 e. The fraction of sp³-hybridized carbons (Fsp3) is 0.846. The molecule has 0 aromatic heterocycles. The minimum atomic E-state index is -0.886. The highest BCUT2D eigenvalue weighted by Crippen LogP contribution is 2.22. The standard InChI is InChI=1S/C13H24N2O3/c1-8-6-5-7-15(11(8)4)13(18)14-10(3)9(2)12(16)17/h8-11H,5-7H2,1-4H3,(H,14,18)(H,16,17). The fourth-order valence-corrected chi connectivity index (χ4v) is 2.24. The van der Waals surface area contributed by atoms with Crippen molar-refractivity contribution in [2.24, 2.45) is 11.8 Å². The number of hydrogen-bond donors (Lipinski definition) is 2. The molecule has 1 heterocycles. The van der Waals surface area contributed by atoms with E-state index in [9.17, 15) is 9.59 Å². The van der Waals surface area contributed by atoms with Gasteiger partial charge >= 0.3 is 12.0 Å². The van der Waals surface area contributed by atoms with Crippen molar-refractivity contribution in [2.45, 2.75) is 52.6 Å². The molecule has 1 aliphatic rings. The lowest BCUT2D eigenvalue weighted by molar-refractivity contribution is -0.141. The highest BCUT2D eigenvalue weighted by Gasteiger charge is 2.30. The summed E-state index contributed by atoms with van der Waals surface area (Å²) in [4.78, 5) is 24.8.